The van der Waals surface area contributed by atoms with Crippen LogP contribution in [-0.4, -0.2) is 52.8 Å². The van der Waals surface area contributed by atoms with Gasteiger partial charge in [0.1, 0.15) is 0 Å². The van der Waals surface area contributed by atoms with Crippen LogP contribution in [0.3, 0.4) is 0 Å². The molecule has 5 rings (SSSR count). The maximum Gasteiger partial charge on any atom is 0.277 e. The molecule has 4 heterocycles. The molecule has 1 atom stereocenters. The number of amides is 1. The molecule has 8 nitrogen and oxygen atoms in total. The first-order valence-corrected chi connectivity index (χ1v) is 13.6. The van der Waals surface area contributed by atoms with Crippen molar-refractivity contribution in [2.24, 2.45) is 0 Å². The van der Waals surface area contributed by atoms with Gasteiger partial charge in [0.2, 0.25) is 11.8 Å². The Labute approximate surface area is 192 Å². The predicted molar refractivity (Wildman–Crippen MR) is 124 cm³/mol. The second kappa shape index (κ2) is 8.64. The van der Waals surface area contributed by atoms with Crippen LogP contribution in [0.2, 0.25) is 0 Å². The van der Waals surface area contributed by atoms with E-state index in [2.05, 4.69) is 15.5 Å². The number of nitrogens with one attached hydrogen (secondary N) is 1. The maximum absolute atomic E-state index is 12.2. The molecule has 1 aliphatic heterocycles. The van der Waals surface area contributed by atoms with Crippen molar-refractivity contribution in [3.05, 3.63) is 47.8 Å². The number of benzene rings is 1. The number of thiophene rings is 1. The van der Waals surface area contributed by atoms with E-state index in [0.717, 1.165) is 38.8 Å². The summed E-state index contributed by atoms with van der Waals surface area (Å²) in [5, 5.41) is 14.2. The minimum absolute atomic E-state index is 0.00416. The number of thioether (sulfide) groups is 1. The molecule has 0 bridgehead atoms. The Bertz CT molecular complexity index is 1380. The van der Waals surface area contributed by atoms with Crippen molar-refractivity contribution in [1.29, 1.82) is 0 Å². The third-order valence-corrected chi connectivity index (χ3v) is 8.53. The summed E-state index contributed by atoms with van der Waals surface area (Å²) in [6, 6.07) is 13.3. The Morgan fingerprint density at radius 2 is 2.09 bits per heavy atom. The Kier molecular flexibility index (Phi) is 5.70. The van der Waals surface area contributed by atoms with Gasteiger partial charge in [-0.3, -0.25) is 4.79 Å². The zero-order chi connectivity index (χ0) is 22.1. The van der Waals surface area contributed by atoms with E-state index in [4.69, 9.17) is 9.40 Å². The number of hydrogen-bond donors (Lipinski definition) is 1. The standard InChI is InChI=1S/C21H18N4O4S3/c26-19(22-13-7-9-32(27,28)12-13)11-31-21-25-24-20(29-21)15-10-17(18-6-3-8-30-18)23-16-5-2-1-4-14(15)16/h1-6,8,10,13H,7,9,11-12H2,(H,22,26)/t13-/m1/s1. The highest BCUT2D eigenvalue weighted by Crippen LogP contribution is 2.33. The van der Waals surface area contributed by atoms with Gasteiger partial charge in [0.25, 0.3) is 5.22 Å². The zero-order valence-electron chi connectivity index (χ0n) is 16.7. The summed E-state index contributed by atoms with van der Waals surface area (Å²) in [6.45, 7) is 0. The summed E-state index contributed by atoms with van der Waals surface area (Å²) in [5.74, 6) is 0.272. The second-order valence-corrected chi connectivity index (χ2v) is 11.5. The number of para-hydroxylation sites is 1. The Morgan fingerprint density at radius 1 is 1.22 bits per heavy atom. The number of hydrogen-bond acceptors (Lipinski definition) is 9. The van der Waals surface area contributed by atoms with Crippen LogP contribution in [0.15, 0.2) is 57.5 Å². The lowest BCUT2D eigenvalue weighted by Crippen LogP contribution is -2.36. The van der Waals surface area contributed by atoms with E-state index in [9.17, 15) is 13.2 Å². The molecule has 1 fully saturated rings. The number of aromatic nitrogens is 3. The number of nitrogens with zero attached hydrogens (tertiary/aromatic N) is 3. The zero-order valence-corrected chi connectivity index (χ0v) is 19.2. The summed E-state index contributed by atoms with van der Waals surface area (Å²) in [7, 11) is -3.04. The first-order valence-electron chi connectivity index (χ1n) is 9.87. The van der Waals surface area contributed by atoms with Crippen molar-refractivity contribution in [1.82, 2.24) is 20.5 Å². The lowest BCUT2D eigenvalue weighted by atomic mass is 10.1. The molecule has 0 unspecified atom stereocenters. The van der Waals surface area contributed by atoms with E-state index < -0.39 is 9.84 Å². The van der Waals surface area contributed by atoms with Gasteiger partial charge in [0.05, 0.1) is 38.9 Å². The van der Waals surface area contributed by atoms with Gasteiger partial charge in [-0.2, -0.15) is 0 Å². The number of carbonyl (C=O) groups is 1. The van der Waals surface area contributed by atoms with Crippen LogP contribution >= 0.6 is 23.1 Å². The molecule has 32 heavy (non-hydrogen) atoms. The van der Waals surface area contributed by atoms with Crippen molar-refractivity contribution in [3.8, 4) is 22.0 Å². The molecule has 0 saturated carbocycles. The molecule has 3 aromatic heterocycles. The minimum Gasteiger partial charge on any atom is -0.411 e. The number of rotatable bonds is 6. The van der Waals surface area contributed by atoms with Gasteiger partial charge in [0.15, 0.2) is 9.84 Å². The number of carbonyl (C=O) groups excluding carboxylic acids is 1. The van der Waals surface area contributed by atoms with E-state index in [1.54, 1.807) is 11.3 Å². The topological polar surface area (TPSA) is 115 Å². The van der Waals surface area contributed by atoms with E-state index in [0.29, 0.717) is 12.3 Å². The van der Waals surface area contributed by atoms with Crippen molar-refractivity contribution >= 4 is 49.7 Å². The molecular weight excluding hydrogens is 468 g/mol. The fraction of sp³-hybridized carbons (Fsp3) is 0.238. The summed E-state index contributed by atoms with van der Waals surface area (Å²) in [6.07, 6.45) is 0.450. The van der Waals surface area contributed by atoms with Gasteiger partial charge in [-0.05, 0) is 30.0 Å². The maximum atomic E-state index is 12.2. The summed E-state index contributed by atoms with van der Waals surface area (Å²) in [4.78, 5) is 18.0. The highest BCUT2D eigenvalue weighted by atomic mass is 32.2. The molecule has 4 aromatic rings. The second-order valence-electron chi connectivity index (χ2n) is 7.38. The molecule has 1 saturated heterocycles. The fourth-order valence-electron chi connectivity index (χ4n) is 3.59. The van der Waals surface area contributed by atoms with Crippen molar-refractivity contribution in [3.63, 3.8) is 0 Å². The molecule has 1 aliphatic rings. The van der Waals surface area contributed by atoms with Gasteiger partial charge in [-0.1, -0.05) is 36.0 Å². The molecule has 0 spiro atoms. The third kappa shape index (κ3) is 4.54. The Balaban J connectivity index is 1.34. The van der Waals surface area contributed by atoms with E-state index in [-0.39, 0.29) is 34.4 Å². The molecule has 0 aliphatic carbocycles. The molecule has 1 aromatic carbocycles. The average molecular weight is 487 g/mol. The lowest BCUT2D eigenvalue weighted by molar-refractivity contribution is -0.119. The molecule has 0 radical (unpaired) electrons. The van der Waals surface area contributed by atoms with Crippen molar-refractivity contribution < 1.29 is 17.6 Å². The summed E-state index contributed by atoms with van der Waals surface area (Å²) < 4.78 is 28.9. The van der Waals surface area contributed by atoms with E-state index >= 15 is 0 Å². The predicted octanol–water partition coefficient (Wildman–Crippen LogP) is 3.41. The van der Waals surface area contributed by atoms with Gasteiger partial charge in [-0.15, -0.1) is 21.5 Å². The van der Waals surface area contributed by atoms with Gasteiger partial charge < -0.3 is 9.73 Å². The van der Waals surface area contributed by atoms with Crippen LogP contribution in [0, 0.1) is 0 Å². The quantitative estimate of drug-likeness (QED) is 0.412. The van der Waals surface area contributed by atoms with Gasteiger partial charge in [-0.25, -0.2) is 13.4 Å². The SMILES string of the molecule is O=C(CSc1nnc(-c2cc(-c3cccs3)nc3ccccc23)o1)N[C@@H]1CCS(=O)(=O)C1. The Hall–Kier alpha value is -2.76. The van der Waals surface area contributed by atoms with Crippen LogP contribution < -0.4 is 5.32 Å². The monoisotopic (exact) mass is 486 g/mol. The molecule has 1 amide bonds. The largest absolute Gasteiger partial charge is 0.411 e. The first-order chi connectivity index (χ1) is 15.5. The Morgan fingerprint density at radius 3 is 2.88 bits per heavy atom. The highest BCUT2D eigenvalue weighted by Gasteiger charge is 2.29. The van der Waals surface area contributed by atoms with Crippen LogP contribution in [0.4, 0.5) is 0 Å². The van der Waals surface area contributed by atoms with Crippen LogP contribution in [0.5, 0.6) is 0 Å². The van der Waals surface area contributed by atoms with E-state index in [1.165, 1.54) is 0 Å². The summed E-state index contributed by atoms with van der Waals surface area (Å²) in [5.41, 5.74) is 2.43. The molecular formula is C21H18N4O4S3. The minimum atomic E-state index is -3.04. The average Bonchev–Trinajstić information content (AvgIpc) is 3.53. The van der Waals surface area contributed by atoms with E-state index in [1.807, 2.05) is 47.8 Å². The molecule has 11 heteroatoms. The van der Waals surface area contributed by atoms with Crippen molar-refractivity contribution in [2.75, 3.05) is 17.3 Å². The van der Waals surface area contributed by atoms with Crippen LogP contribution in [-0.2, 0) is 14.6 Å². The number of pyridine rings is 1. The lowest BCUT2D eigenvalue weighted by Gasteiger charge is -2.09. The first kappa shape index (κ1) is 21.1. The number of fused-ring (bicyclic) bond motifs is 1. The van der Waals surface area contributed by atoms with Crippen LogP contribution in [0.1, 0.15) is 6.42 Å². The van der Waals surface area contributed by atoms with Crippen LogP contribution in [0.25, 0.3) is 32.9 Å². The number of sulfone groups is 1. The fourth-order valence-corrected chi connectivity index (χ4v) is 6.52. The normalized spacial score (nSPS) is 17.6. The summed E-state index contributed by atoms with van der Waals surface area (Å²) >= 11 is 2.72. The smallest absolute Gasteiger partial charge is 0.277 e. The highest BCUT2D eigenvalue weighted by molar-refractivity contribution is 7.99. The van der Waals surface area contributed by atoms with Gasteiger partial charge in [0, 0.05) is 11.4 Å². The third-order valence-electron chi connectivity index (χ3n) is 5.05. The molecule has 1 N–H and O–H groups in total. The van der Waals surface area contributed by atoms with Crippen molar-refractivity contribution in [2.45, 2.75) is 17.7 Å². The van der Waals surface area contributed by atoms with Gasteiger partial charge >= 0.3 is 0 Å². The molecule has 164 valence electrons.